The van der Waals surface area contributed by atoms with Crippen molar-refractivity contribution in [3.8, 4) is 5.88 Å². The molecule has 17 heavy (non-hydrogen) atoms. The standard InChI is InChI=1S/C11H18N4O2/c1-4-12-7-8-17-10-6-5-9(13-14-10)11(16)15(2)3/h5-6,12H,4,7-8H2,1-3H3. The van der Waals surface area contributed by atoms with Gasteiger partial charge in [-0.3, -0.25) is 4.79 Å². The summed E-state index contributed by atoms with van der Waals surface area (Å²) in [5, 5.41) is 10.8. The fraction of sp³-hybridized carbons (Fsp3) is 0.545. The molecule has 0 aromatic carbocycles. The predicted molar refractivity (Wildman–Crippen MR) is 64.1 cm³/mol. The van der Waals surface area contributed by atoms with Crippen LogP contribution in [0.3, 0.4) is 0 Å². The molecule has 0 saturated carbocycles. The summed E-state index contributed by atoms with van der Waals surface area (Å²) in [6.45, 7) is 4.23. The van der Waals surface area contributed by atoms with Gasteiger partial charge in [0.25, 0.3) is 5.91 Å². The number of hydrogen-bond donors (Lipinski definition) is 1. The number of amides is 1. The lowest BCUT2D eigenvalue weighted by molar-refractivity contribution is 0.0820. The number of hydrogen-bond acceptors (Lipinski definition) is 5. The van der Waals surface area contributed by atoms with Crippen LogP contribution in [0.15, 0.2) is 12.1 Å². The van der Waals surface area contributed by atoms with Crippen LogP contribution in [0.4, 0.5) is 0 Å². The summed E-state index contributed by atoms with van der Waals surface area (Å²) in [5.41, 5.74) is 0.314. The van der Waals surface area contributed by atoms with Crippen LogP contribution in [0.2, 0.25) is 0 Å². The molecule has 0 atom stereocenters. The fourth-order valence-corrected chi connectivity index (χ4v) is 1.14. The minimum absolute atomic E-state index is 0.170. The Morgan fingerprint density at radius 2 is 2.18 bits per heavy atom. The second kappa shape index (κ2) is 6.80. The van der Waals surface area contributed by atoms with E-state index in [2.05, 4.69) is 15.5 Å². The lowest BCUT2D eigenvalue weighted by atomic mass is 10.3. The third-order valence-corrected chi connectivity index (χ3v) is 2.04. The average molecular weight is 238 g/mol. The Morgan fingerprint density at radius 3 is 2.71 bits per heavy atom. The summed E-state index contributed by atoms with van der Waals surface area (Å²) in [5.74, 6) is 0.259. The monoisotopic (exact) mass is 238 g/mol. The molecule has 0 aliphatic rings. The number of carbonyl (C=O) groups is 1. The minimum Gasteiger partial charge on any atom is -0.475 e. The normalized spacial score (nSPS) is 10.1. The number of aromatic nitrogens is 2. The van der Waals surface area contributed by atoms with Crippen LogP contribution in [0.1, 0.15) is 17.4 Å². The summed E-state index contributed by atoms with van der Waals surface area (Å²) in [6, 6.07) is 3.26. The molecule has 0 bridgehead atoms. The summed E-state index contributed by atoms with van der Waals surface area (Å²) < 4.78 is 5.34. The Labute approximate surface area is 101 Å². The van der Waals surface area contributed by atoms with Crippen molar-refractivity contribution >= 4 is 5.91 Å². The maximum Gasteiger partial charge on any atom is 0.273 e. The third-order valence-electron chi connectivity index (χ3n) is 2.04. The molecule has 0 aliphatic heterocycles. The van der Waals surface area contributed by atoms with Crippen molar-refractivity contribution in [2.75, 3.05) is 33.8 Å². The SMILES string of the molecule is CCNCCOc1ccc(C(=O)N(C)C)nn1. The first-order valence-corrected chi connectivity index (χ1v) is 5.54. The van der Waals surface area contributed by atoms with E-state index in [1.54, 1.807) is 26.2 Å². The van der Waals surface area contributed by atoms with E-state index in [1.807, 2.05) is 6.92 Å². The van der Waals surface area contributed by atoms with Gasteiger partial charge in [0, 0.05) is 26.7 Å². The average Bonchev–Trinajstić information content (AvgIpc) is 2.34. The van der Waals surface area contributed by atoms with E-state index in [0.29, 0.717) is 18.2 Å². The van der Waals surface area contributed by atoms with Gasteiger partial charge in [-0.15, -0.1) is 10.2 Å². The van der Waals surface area contributed by atoms with Gasteiger partial charge >= 0.3 is 0 Å². The molecule has 0 unspecified atom stereocenters. The maximum absolute atomic E-state index is 11.5. The van der Waals surface area contributed by atoms with Crippen molar-refractivity contribution in [2.24, 2.45) is 0 Å². The highest BCUT2D eigenvalue weighted by molar-refractivity contribution is 5.91. The first-order chi connectivity index (χ1) is 8.15. The zero-order valence-corrected chi connectivity index (χ0v) is 10.4. The Morgan fingerprint density at radius 1 is 1.41 bits per heavy atom. The van der Waals surface area contributed by atoms with Crippen LogP contribution >= 0.6 is 0 Å². The second-order valence-corrected chi connectivity index (χ2v) is 3.66. The molecule has 0 fully saturated rings. The van der Waals surface area contributed by atoms with Crippen LogP contribution < -0.4 is 10.1 Å². The summed E-state index contributed by atoms with van der Waals surface area (Å²) in [6.07, 6.45) is 0. The number of ether oxygens (including phenoxy) is 1. The molecular weight excluding hydrogens is 220 g/mol. The topological polar surface area (TPSA) is 67.3 Å². The molecule has 0 spiro atoms. The van der Waals surface area contributed by atoms with Crippen molar-refractivity contribution in [3.63, 3.8) is 0 Å². The van der Waals surface area contributed by atoms with Crippen LogP contribution in [0, 0.1) is 0 Å². The molecule has 1 rings (SSSR count). The summed E-state index contributed by atoms with van der Waals surface area (Å²) in [7, 11) is 3.34. The Hall–Kier alpha value is -1.69. The molecule has 0 saturated heterocycles. The van der Waals surface area contributed by atoms with Crippen LogP contribution in [0.25, 0.3) is 0 Å². The minimum atomic E-state index is -0.170. The van der Waals surface area contributed by atoms with Gasteiger partial charge in [0.2, 0.25) is 5.88 Å². The maximum atomic E-state index is 11.5. The van der Waals surface area contributed by atoms with E-state index in [0.717, 1.165) is 13.1 Å². The van der Waals surface area contributed by atoms with Gasteiger partial charge in [-0.25, -0.2) is 0 Å². The number of carbonyl (C=O) groups excluding carboxylic acids is 1. The van der Waals surface area contributed by atoms with Crippen molar-refractivity contribution in [1.29, 1.82) is 0 Å². The van der Waals surface area contributed by atoms with Crippen LogP contribution in [-0.2, 0) is 0 Å². The van der Waals surface area contributed by atoms with E-state index >= 15 is 0 Å². The van der Waals surface area contributed by atoms with E-state index in [4.69, 9.17) is 4.74 Å². The van der Waals surface area contributed by atoms with Crippen molar-refractivity contribution in [3.05, 3.63) is 17.8 Å². The Bertz CT molecular complexity index is 351. The van der Waals surface area contributed by atoms with E-state index in [9.17, 15) is 4.79 Å². The van der Waals surface area contributed by atoms with Crippen LogP contribution in [0.5, 0.6) is 5.88 Å². The van der Waals surface area contributed by atoms with E-state index in [-0.39, 0.29) is 5.91 Å². The van der Waals surface area contributed by atoms with Gasteiger partial charge in [-0.2, -0.15) is 0 Å². The fourth-order valence-electron chi connectivity index (χ4n) is 1.14. The zero-order valence-electron chi connectivity index (χ0n) is 10.4. The van der Waals surface area contributed by atoms with Gasteiger partial charge in [-0.05, 0) is 12.6 Å². The quantitative estimate of drug-likeness (QED) is 0.715. The third kappa shape index (κ3) is 4.36. The van der Waals surface area contributed by atoms with Crippen molar-refractivity contribution in [1.82, 2.24) is 20.4 Å². The Kier molecular flexibility index (Phi) is 5.35. The molecule has 6 nitrogen and oxygen atoms in total. The number of rotatable bonds is 6. The highest BCUT2D eigenvalue weighted by Gasteiger charge is 2.10. The van der Waals surface area contributed by atoms with E-state index in [1.165, 1.54) is 4.90 Å². The van der Waals surface area contributed by atoms with E-state index < -0.39 is 0 Å². The summed E-state index contributed by atoms with van der Waals surface area (Å²) in [4.78, 5) is 13.0. The predicted octanol–water partition coefficient (Wildman–Crippen LogP) is 0.167. The molecule has 1 aromatic heterocycles. The van der Waals surface area contributed by atoms with Crippen molar-refractivity contribution < 1.29 is 9.53 Å². The first-order valence-electron chi connectivity index (χ1n) is 5.54. The molecule has 1 aromatic rings. The highest BCUT2D eigenvalue weighted by Crippen LogP contribution is 2.05. The lowest BCUT2D eigenvalue weighted by Gasteiger charge is -2.09. The number of nitrogens with one attached hydrogen (secondary N) is 1. The Balaban J connectivity index is 2.47. The molecular formula is C11H18N4O2. The first kappa shape index (κ1) is 13.4. The summed E-state index contributed by atoms with van der Waals surface area (Å²) >= 11 is 0. The molecule has 94 valence electrons. The molecule has 0 aliphatic carbocycles. The van der Waals surface area contributed by atoms with Gasteiger partial charge in [0.1, 0.15) is 6.61 Å². The molecule has 1 heterocycles. The van der Waals surface area contributed by atoms with Crippen LogP contribution in [-0.4, -0.2) is 54.8 Å². The van der Waals surface area contributed by atoms with Crippen molar-refractivity contribution in [2.45, 2.75) is 6.92 Å². The number of likely N-dealkylation sites (N-methyl/N-ethyl adjacent to an activating group) is 1. The smallest absolute Gasteiger partial charge is 0.273 e. The molecule has 1 amide bonds. The zero-order chi connectivity index (χ0) is 12.7. The largest absolute Gasteiger partial charge is 0.475 e. The van der Waals surface area contributed by atoms with Gasteiger partial charge in [0.15, 0.2) is 5.69 Å². The van der Waals surface area contributed by atoms with Gasteiger partial charge in [-0.1, -0.05) is 6.92 Å². The molecule has 1 N–H and O–H groups in total. The number of nitrogens with zero attached hydrogens (tertiary/aromatic N) is 3. The lowest BCUT2D eigenvalue weighted by Crippen LogP contribution is -2.23. The van der Waals surface area contributed by atoms with Gasteiger partial charge in [0.05, 0.1) is 0 Å². The molecule has 0 radical (unpaired) electrons. The highest BCUT2D eigenvalue weighted by atomic mass is 16.5. The second-order valence-electron chi connectivity index (χ2n) is 3.66. The molecule has 6 heteroatoms. The van der Waals surface area contributed by atoms with Gasteiger partial charge < -0.3 is 15.0 Å².